The van der Waals surface area contributed by atoms with Crippen molar-refractivity contribution in [2.45, 2.75) is 26.3 Å². The number of carboxylic acid groups (broad SMARTS) is 2. The van der Waals surface area contributed by atoms with Crippen molar-refractivity contribution in [3.63, 3.8) is 0 Å². The zero-order valence-corrected chi connectivity index (χ0v) is 20.5. The van der Waals surface area contributed by atoms with Crippen molar-refractivity contribution in [2.24, 2.45) is 0 Å². The summed E-state index contributed by atoms with van der Waals surface area (Å²) in [6.45, 7) is 3.19. The van der Waals surface area contributed by atoms with Gasteiger partial charge in [0.15, 0.2) is 0 Å². The first-order chi connectivity index (χ1) is 17.9. The molecule has 0 aliphatic rings. The van der Waals surface area contributed by atoms with Crippen LogP contribution in [0.1, 0.15) is 41.5 Å². The molecule has 0 radical (unpaired) electrons. The lowest BCUT2D eigenvalue weighted by Crippen LogP contribution is -2.01. The van der Waals surface area contributed by atoms with Crippen molar-refractivity contribution < 1.29 is 24.5 Å². The van der Waals surface area contributed by atoms with Crippen molar-refractivity contribution >= 4 is 24.1 Å². The highest BCUT2D eigenvalue weighted by atomic mass is 16.5. The molecule has 4 aromatic rings. The van der Waals surface area contributed by atoms with Gasteiger partial charge in [0.25, 0.3) is 0 Å². The molecule has 0 saturated heterocycles. The monoisotopic (exact) mass is 496 g/mol. The second-order valence-electron chi connectivity index (χ2n) is 8.48. The van der Waals surface area contributed by atoms with Crippen LogP contribution in [0.4, 0.5) is 0 Å². The van der Waals surface area contributed by atoms with Gasteiger partial charge in [0.1, 0.15) is 11.6 Å². The summed E-state index contributed by atoms with van der Waals surface area (Å²) >= 11 is 0. The summed E-state index contributed by atoms with van der Waals surface area (Å²) in [4.78, 5) is 26.4. The number of rotatable bonds is 11. The third kappa shape index (κ3) is 6.73. The Morgan fingerprint density at radius 2 is 1.49 bits per heavy atom. The third-order valence-electron chi connectivity index (χ3n) is 5.90. The first-order valence-electron chi connectivity index (χ1n) is 12.1. The Morgan fingerprint density at radius 1 is 0.865 bits per heavy atom. The van der Waals surface area contributed by atoms with Crippen molar-refractivity contribution in [2.75, 3.05) is 6.61 Å². The minimum atomic E-state index is -0.948. The van der Waals surface area contributed by atoms with Crippen LogP contribution in [0.3, 0.4) is 0 Å². The van der Waals surface area contributed by atoms with Crippen molar-refractivity contribution in [3.8, 4) is 28.1 Å². The van der Waals surface area contributed by atoms with Gasteiger partial charge in [-0.1, -0.05) is 54.6 Å². The molecular formula is C30H28N2O5. The maximum absolute atomic E-state index is 11.1. The van der Waals surface area contributed by atoms with E-state index in [0.717, 1.165) is 46.1 Å². The van der Waals surface area contributed by atoms with Gasteiger partial charge in [-0.15, -0.1) is 0 Å². The average Bonchev–Trinajstić information content (AvgIpc) is 3.34. The Morgan fingerprint density at radius 3 is 2.08 bits per heavy atom. The number of carbonyl (C=O) groups is 2. The summed E-state index contributed by atoms with van der Waals surface area (Å²) in [6, 6.07) is 22.7. The van der Waals surface area contributed by atoms with Crippen LogP contribution < -0.4 is 4.74 Å². The van der Waals surface area contributed by atoms with Crippen molar-refractivity contribution in [1.29, 1.82) is 0 Å². The van der Waals surface area contributed by atoms with Crippen LogP contribution in [0.2, 0.25) is 0 Å². The number of aromatic carboxylic acids is 1. The van der Waals surface area contributed by atoms with E-state index in [1.165, 1.54) is 0 Å². The molecule has 1 heterocycles. The van der Waals surface area contributed by atoms with Gasteiger partial charge in [-0.25, -0.2) is 9.78 Å². The molecule has 0 fully saturated rings. The zero-order chi connectivity index (χ0) is 26.2. The van der Waals surface area contributed by atoms with E-state index >= 15 is 0 Å². The molecule has 0 saturated carbocycles. The number of ether oxygens (including phenoxy) is 1. The molecule has 0 aliphatic heterocycles. The third-order valence-corrected chi connectivity index (χ3v) is 5.90. The Balaban J connectivity index is 1.41. The van der Waals surface area contributed by atoms with Gasteiger partial charge in [-0.05, 0) is 60.4 Å². The highest BCUT2D eigenvalue weighted by molar-refractivity contribution is 5.88. The summed E-state index contributed by atoms with van der Waals surface area (Å²) in [6.07, 6.45) is 6.54. The van der Waals surface area contributed by atoms with Gasteiger partial charge in [0.2, 0.25) is 0 Å². The molecule has 0 bridgehead atoms. The standard InChI is InChI=1S/C30H28N2O5/c1-2-32-20-27(24-10-12-25(13-11-24)30(35)36)31-28(32)18-7-21-5-8-22(9-6-21)23-14-16-26(17-15-23)37-19-3-4-29(33)34/h5-18,20H,2-4,19H2,1H3,(H,33,34)(H,35,36)/b18-7+. The van der Waals surface area contributed by atoms with Crippen molar-refractivity contribution in [1.82, 2.24) is 9.55 Å². The first kappa shape index (κ1) is 25.4. The lowest BCUT2D eigenvalue weighted by Gasteiger charge is -2.07. The number of hydrogen-bond acceptors (Lipinski definition) is 4. The Labute approximate surface area is 215 Å². The first-order valence-corrected chi connectivity index (χ1v) is 12.1. The minimum absolute atomic E-state index is 0.1000. The van der Waals surface area contributed by atoms with E-state index in [1.54, 1.807) is 24.3 Å². The van der Waals surface area contributed by atoms with E-state index in [2.05, 4.69) is 23.6 Å². The molecule has 7 nitrogen and oxygen atoms in total. The average molecular weight is 497 g/mol. The maximum Gasteiger partial charge on any atom is 0.335 e. The van der Waals surface area contributed by atoms with Crippen molar-refractivity contribution in [3.05, 3.63) is 95.9 Å². The van der Waals surface area contributed by atoms with Gasteiger partial charge in [-0.2, -0.15) is 0 Å². The van der Waals surface area contributed by atoms with Gasteiger partial charge in [0.05, 0.1) is 17.9 Å². The van der Waals surface area contributed by atoms with Crippen LogP contribution in [0.25, 0.3) is 34.5 Å². The highest BCUT2D eigenvalue weighted by Crippen LogP contribution is 2.24. The molecule has 37 heavy (non-hydrogen) atoms. The van der Waals surface area contributed by atoms with Crippen LogP contribution >= 0.6 is 0 Å². The fourth-order valence-corrected chi connectivity index (χ4v) is 3.85. The quantitative estimate of drug-likeness (QED) is 0.235. The molecule has 0 spiro atoms. The van der Waals surface area contributed by atoms with E-state index in [9.17, 15) is 9.59 Å². The topological polar surface area (TPSA) is 102 Å². The van der Waals surface area contributed by atoms with Crippen LogP contribution in [-0.4, -0.2) is 38.3 Å². The number of aliphatic carboxylic acids is 1. The summed E-state index contributed by atoms with van der Waals surface area (Å²) in [7, 11) is 0. The van der Waals surface area contributed by atoms with Crippen LogP contribution in [0.15, 0.2) is 79.0 Å². The maximum atomic E-state index is 11.1. The molecule has 4 rings (SSSR count). The second-order valence-corrected chi connectivity index (χ2v) is 8.48. The van der Waals surface area contributed by atoms with Gasteiger partial charge in [-0.3, -0.25) is 4.79 Å². The van der Waals surface area contributed by atoms with Crippen LogP contribution in [0, 0.1) is 0 Å². The number of nitrogens with zero attached hydrogens (tertiary/aromatic N) is 2. The minimum Gasteiger partial charge on any atom is -0.494 e. The van der Waals surface area contributed by atoms with Crippen LogP contribution in [0.5, 0.6) is 5.75 Å². The smallest absolute Gasteiger partial charge is 0.335 e. The van der Waals surface area contributed by atoms with Gasteiger partial charge in [0, 0.05) is 24.7 Å². The normalized spacial score (nSPS) is 11.1. The number of hydrogen-bond donors (Lipinski definition) is 2. The number of imidazole rings is 1. The van der Waals surface area contributed by atoms with Crippen LogP contribution in [-0.2, 0) is 11.3 Å². The summed E-state index contributed by atoms with van der Waals surface area (Å²) in [5.74, 6) is -0.223. The van der Waals surface area contributed by atoms with E-state index < -0.39 is 11.9 Å². The van der Waals surface area contributed by atoms with E-state index in [1.807, 2.05) is 54.7 Å². The van der Waals surface area contributed by atoms with Gasteiger partial charge >= 0.3 is 11.9 Å². The molecule has 188 valence electrons. The molecule has 0 aliphatic carbocycles. The number of carboxylic acids is 2. The lowest BCUT2D eigenvalue weighted by atomic mass is 10.0. The Hall–Kier alpha value is -4.65. The zero-order valence-electron chi connectivity index (χ0n) is 20.5. The molecule has 0 amide bonds. The number of aryl methyl sites for hydroxylation is 1. The highest BCUT2D eigenvalue weighted by Gasteiger charge is 2.09. The number of benzene rings is 3. The summed E-state index contributed by atoms with van der Waals surface area (Å²) in [5.41, 5.74) is 5.10. The SMILES string of the molecule is CCn1cc(-c2ccc(C(=O)O)cc2)nc1/C=C/c1ccc(-c2ccc(OCCCC(=O)O)cc2)cc1. The predicted molar refractivity (Wildman–Crippen MR) is 143 cm³/mol. The molecule has 3 aromatic carbocycles. The predicted octanol–water partition coefficient (Wildman–Crippen LogP) is 6.35. The summed E-state index contributed by atoms with van der Waals surface area (Å²) in [5, 5.41) is 17.8. The van der Waals surface area contributed by atoms with E-state index in [4.69, 9.17) is 19.9 Å². The molecule has 0 unspecified atom stereocenters. The molecule has 7 heteroatoms. The number of aromatic nitrogens is 2. The Kier molecular flexibility index (Phi) is 8.15. The fourth-order valence-electron chi connectivity index (χ4n) is 3.85. The second kappa shape index (κ2) is 11.9. The summed E-state index contributed by atoms with van der Waals surface area (Å²) < 4.78 is 7.65. The molecular weight excluding hydrogens is 468 g/mol. The molecule has 2 N–H and O–H groups in total. The fraction of sp³-hybridized carbons (Fsp3) is 0.167. The van der Waals surface area contributed by atoms with E-state index in [-0.39, 0.29) is 12.0 Å². The molecule has 0 atom stereocenters. The molecule has 1 aromatic heterocycles. The largest absolute Gasteiger partial charge is 0.494 e. The van der Waals surface area contributed by atoms with E-state index in [0.29, 0.717) is 13.0 Å². The van der Waals surface area contributed by atoms with Gasteiger partial charge < -0.3 is 19.5 Å². The Bertz CT molecular complexity index is 1390. The lowest BCUT2D eigenvalue weighted by molar-refractivity contribution is -0.137.